The van der Waals surface area contributed by atoms with Crippen molar-refractivity contribution in [2.75, 3.05) is 24.2 Å². The number of anilines is 1. The van der Waals surface area contributed by atoms with Crippen molar-refractivity contribution >= 4 is 28.2 Å². The topological polar surface area (TPSA) is 65.5 Å². The highest BCUT2D eigenvalue weighted by Gasteiger charge is 2.39. The second kappa shape index (κ2) is 7.65. The molecule has 5 rings (SSSR count). The van der Waals surface area contributed by atoms with Crippen molar-refractivity contribution < 1.29 is 9.32 Å². The van der Waals surface area contributed by atoms with E-state index in [1.807, 2.05) is 12.1 Å². The van der Waals surface area contributed by atoms with Crippen LogP contribution in [0.5, 0.6) is 0 Å². The van der Waals surface area contributed by atoms with Gasteiger partial charge in [-0.15, -0.1) is 0 Å². The molecular weight excluding hydrogens is 406 g/mol. The summed E-state index contributed by atoms with van der Waals surface area (Å²) in [5, 5.41) is 14.1. The van der Waals surface area contributed by atoms with E-state index in [0.717, 1.165) is 73.2 Å². The van der Waals surface area contributed by atoms with Crippen molar-refractivity contribution in [1.82, 2.24) is 9.88 Å². The van der Waals surface area contributed by atoms with Crippen LogP contribution in [0.3, 0.4) is 0 Å². The van der Waals surface area contributed by atoms with E-state index in [9.17, 15) is 9.32 Å². The lowest BCUT2D eigenvalue weighted by Gasteiger charge is -2.41. The zero-order chi connectivity index (χ0) is 20.0. The fourth-order valence-electron chi connectivity index (χ4n) is 4.68. The first-order valence-corrected chi connectivity index (χ1v) is 12.1. The van der Waals surface area contributed by atoms with Crippen LogP contribution >= 0.6 is 11.6 Å². The SMILES string of the molecule is O=S1CCc2c3c(nc(NC4(CO)CCC4)c21)CN(CCc1ccc(Cl)cc1)C3. The Labute approximate surface area is 178 Å². The van der Waals surface area contributed by atoms with Gasteiger partial charge in [-0.25, -0.2) is 4.98 Å². The number of rotatable bonds is 6. The molecule has 1 atom stereocenters. The van der Waals surface area contributed by atoms with E-state index in [1.165, 1.54) is 16.7 Å². The molecule has 0 radical (unpaired) electrons. The average molecular weight is 432 g/mol. The van der Waals surface area contributed by atoms with E-state index in [2.05, 4.69) is 22.3 Å². The summed E-state index contributed by atoms with van der Waals surface area (Å²) >= 11 is 5.99. The molecule has 0 bridgehead atoms. The number of benzene rings is 1. The number of aliphatic hydroxyl groups excluding tert-OH is 1. The molecule has 0 amide bonds. The smallest absolute Gasteiger partial charge is 0.143 e. The zero-order valence-corrected chi connectivity index (χ0v) is 18.0. The minimum Gasteiger partial charge on any atom is -0.394 e. The maximum atomic E-state index is 12.7. The maximum absolute atomic E-state index is 12.7. The van der Waals surface area contributed by atoms with E-state index in [1.54, 1.807) is 0 Å². The average Bonchev–Trinajstić information content (AvgIpc) is 3.27. The lowest BCUT2D eigenvalue weighted by atomic mass is 9.77. The third kappa shape index (κ3) is 3.61. The summed E-state index contributed by atoms with van der Waals surface area (Å²) < 4.78 is 12.7. The number of nitrogens with one attached hydrogen (secondary N) is 1. The fraction of sp³-hybridized carbons (Fsp3) is 0.500. The third-order valence-corrected chi connectivity index (χ3v) is 8.32. The largest absolute Gasteiger partial charge is 0.394 e. The molecule has 7 heteroatoms. The van der Waals surface area contributed by atoms with Gasteiger partial charge in [0.05, 0.1) is 33.5 Å². The first kappa shape index (κ1) is 19.5. The summed E-state index contributed by atoms with van der Waals surface area (Å²) in [6.45, 7) is 2.75. The van der Waals surface area contributed by atoms with Crippen LogP contribution in [0.4, 0.5) is 5.82 Å². The lowest BCUT2D eigenvalue weighted by molar-refractivity contribution is 0.143. The van der Waals surface area contributed by atoms with Crippen molar-refractivity contribution in [3.63, 3.8) is 0 Å². The number of pyridine rings is 1. The summed E-state index contributed by atoms with van der Waals surface area (Å²) in [7, 11) is -1.00. The highest BCUT2D eigenvalue weighted by molar-refractivity contribution is 7.85. The first-order chi connectivity index (χ1) is 14.1. The summed E-state index contributed by atoms with van der Waals surface area (Å²) in [6, 6.07) is 8.04. The Morgan fingerprint density at radius 2 is 2.00 bits per heavy atom. The normalized spacial score (nSPS) is 22.2. The van der Waals surface area contributed by atoms with Crippen LogP contribution in [-0.4, -0.2) is 43.6 Å². The molecule has 1 saturated carbocycles. The van der Waals surface area contributed by atoms with Crippen molar-refractivity contribution in [3.8, 4) is 0 Å². The van der Waals surface area contributed by atoms with Crippen LogP contribution in [0.15, 0.2) is 29.2 Å². The number of aliphatic hydroxyl groups is 1. The van der Waals surface area contributed by atoms with Crippen molar-refractivity contribution in [3.05, 3.63) is 51.7 Å². The van der Waals surface area contributed by atoms with Crippen molar-refractivity contribution in [2.24, 2.45) is 0 Å². The highest BCUT2D eigenvalue weighted by atomic mass is 35.5. The molecular formula is C22H26ClN3O2S. The summed E-state index contributed by atoms with van der Waals surface area (Å²) in [4.78, 5) is 8.24. The molecule has 1 fully saturated rings. The Bertz CT molecular complexity index is 954. The summed E-state index contributed by atoms with van der Waals surface area (Å²) in [6.07, 6.45) is 4.83. The summed E-state index contributed by atoms with van der Waals surface area (Å²) in [5.74, 6) is 1.43. The van der Waals surface area contributed by atoms with Crippen LogP contribution < -0.4 is 5.32 Å². The standard InChI is InChI=1S/C22H26ClN3O2S/c23-16-4-2-15(3-5-16)6-10-26-12-18-17-7-11-29(28)20(17)21(24-19(18)13-26)25-22(14-27)8-1-9-22/h2-5,27H,1,6-14H2,(H,24,25). The molecule has 2 N–H and O–H groups in total. The molecule has 154 valence electrons. The number of fused-ring (bicyclic) bond motifs is 3. The Hall–Kier alpha value is -1.47. The van der Waals surface area contributed by atoms with Crippen LogP contribution in [0, 0.1) is 0 Å². The minimum atomic E-state index is -1.00. The van der Waals surface area contributed by atoms with Crippen molar-refractivity contribution in [2.45, 2.75) is 55.6 Å². The second-order valence-electron chi connectivity index (χ2n) is 8.50. The van der Waals surface area contributed by atoms with E-state index in [0.29, 0.717) is 5.75 Å². The van der Waals surface area contributed by atoms with E-state index < -0.39 is 10.8 Å². The number of hydrogen-bond acceptors (Lipinski definition) is 5. The quantitative estimate of drug-likeness (QED) is 0.734. The predicted octanol–water partition coefficient (Wildman–Crippen LogP) is 3.28. The van der Waals surface area contributed by atoms with Gasteiger partial charge in [0.15, 0.2) is 0 Å². The molecule has 1 aromatic heterocycles. The molecule has 2 aromatic rings. The van der Waals surface area contributed by atoms with Gasteiger partial charge in [0, 0.05) is 30.4 Å². The van der Waals surface area contributed by atoms with Gasteiger partial charge in [0.2, 0.25) is 0 Å². The number of halogens is 1. The first-order valence-electron chi connectivity index (χ1n) is 10.4. The molecule has 1 aromatic carbocycles. The third-order valence-electron chi connectivity index (χ3n) is 6.60. The van der Waals surface area contributed by atoms with Crippen LogP contribution in [0.25, 0.3) is 0 Å². The predicted molar refractivity (Wildman–Crippen MR) is 116 cm³/mol. The van der Waals surface area contributed by atoms with Crippen molar-refractivity contribution in [1.29, 1.82) is 0 Å². The molecule has 3 aliphatic rings. The van der Waals surface area contributed by atoms with Gasteiger partial charge < -0.3 is 10.4 Å². The molecule has 1 unspecified atom stereocenters. The Balaban J connectivity index is 1.37. The lowest BCUT2D eigenvalue weighted by Crippen LogP contribution is -2.48. The molecule has 0 spiro atoms. The molecule has 0 saturated heterocycles. The Kier molecular flexibility index (Phi) is 5.14. The Morgan fingerprint density at radius 3 is 2.69 bits per heavy atom. The highest BCUT2D eigenvalue weighted by Crippen LogP contribution is 2.41. The van der Waals surface area contributed by atoms with E-state index in [-0.39, 0.29) is 12.1 Å². The van der Waals surface area contributed by atoms with Gasteiger partial charge in [-0.1, -0.05) is 23.7 Å². The van der Waals surface area contributed by atoms with Gasteiger partial charge in [-0.2, -0.15) is 0 Å². The number of hydrogen-bond donors (Lipinski definition) is 2. The van der Waals surface area contributed by atoms with Gasteiger partial charge in [0.1, 0.15) is 5.82 Å². The molecule has 5 nitrogen and oxygen atoms in total. The summed E-state index contributed by atoms with van der Waals surface area (Å²) in [5.41, 5.74) is 4.61. The van der Waals surface area contributed by atoms with Gasteiger partial charge >= 0.3 is 0 Å². The molecule has 2 aliphatic heterocycles. The second-order valence-corrected chi connectivity index (χ2v) is 10.4. The van der Waals surface area contributed by atoms with Gasteiger partial charge in [0.25, 0.3) is 0 Å². The molecule has 1 aliphatic carbocycles. The van der Waals surface area contributed by atoms with Gasteiger partial charge in [-0.3, -0.25) is 9.11 Å². The van der Waals surface area contributed by atoms with E-state index >= 15 is 0 Å². The Morgan fingerprint density at radius 1 is 1.21 bits per heavy atom. The molecule has 29 heavy (non-hydrogen) atoms. The minimum absolute atomic E-state index is 0.0976. The number of aromatic nitrogens is 1. The maximum Gasteiger partial charge on any atom is 0.143 e. The van der Waals surface area contributed by atoms with Crippen LogP contribution in [-0.2, 0) is 36.7 Å². The zero-order valence-electron chi connectivity index (χ0n) is 16.4. The van der Waals surface area contributed by atoms with Gasteiger partial charge in [-0.05, 0) is 60.9 Å². The molecule has 3 heterocycles. The number of nitrogens with zero attached hydrogens (tertiary/aromatic N) is 2. The van der Waals surface area contributed by atoms with Crippen LogP contribution in [0.1, 0.15) is 41.6 Å². The van der Waals surface area contributed by atoms with Crippen LogP contribution in [0.2, 0.25) is 5.02 Å². The van der Waals surface area contributed by atoms with E-state index in [4.69, 9.17) is 16.6 Å². The fourth-order valence-corrected chi connectivity index (χ4v) is 6.21. The monoisotopic (exact) mass is 431 g/mol.